The van der Waals surface area contributed by atoms with Gasteiger partial charge in [0.05, 0.1) is 13.2 Å². The van der Waals surface area contributed by atoms with E-state index < -0.39 is 0 Å². The Bertz CT molecular complexity index is 3700. The predicted octanol–water partition coefficient (Wildman–Crippen LogP) is 32.9. The number of aromatic nitrogens is 6. The zero-order chi connectivity index (χ0) is 92.5. The molecule has 123 heavy (non-hydrogen) atoms. The predicted molar refractivity (Wildman–Crippen MR) is 546 cm³/mol. The molecule has 1 saturated heterocycles. The average Bonchev–Trinajstić information content (AvgIpc) is 1.68. The van der Waals surface area contributed by atoms with Crippen molar-refractivity contribution in [3.63, 3.8) is 0 Å². The number of fused-ring (bicyclic) bond motifs is 3. The summed E-state index contributed by atoms with van der Waals surface area (Å²) in [7, 11) is 2.12. The van der Waals surface area contributed by atoms with Crippen LogP contribution in [0.5, 0.6) is 0 Å². The minimum Gasteiger partial charge on any atom is -0.542 e. The second kappa shape index (κ2) is 75.5. The molecule has 0 bridgehead atoms. The molecule has 4 fully saturated rings. The van der Waals surface area contributed by atoms with Crippen LogP contribution < -0.4 is 0 Å². The van der Waals surface area contributed by atoms with Gasteiger partial charge in [0.15, 0.2) is 0 Å². The molecule has 4 aliphatic rings. The first-order valence-corrected chi connectivity index (χ1v) is 48.8. The van der Waals surface area contributed by atoms with Crippen molar-refractivity contribution >= 4 is 39.0 Å². The van der Waals surface area contributed by atoms with Crippen LogP contribution in [0.4, 0.5) is 0 Å². The second-order valence-corrected chi connectivity index (χ2v) is 39.4. The number of hydrogen-bond acceptors (Lipinski definition) is 5. The summed E-state index contributed by atoms with van der Waals surface area (Å²) in [5, 5.41) is 8.20. The van der Waals surface area contributed by atoms with E-state index in [1.165, 1.54) is 177 Å². The van der Waals surface area contributed by atoms with Gasteiger partial charge in [-0.1, -0.05) is 357 Å². The number of rotatable bonds is 19. The number of aryl methyl sites for hydroxylation is 2. The zero-order valence-electron chi connectivity index (χ0n) is 86.1. The fourth-order valence-corrected chi connectivity index (χ4v) is 14.0. The smallest absolute Gasteiger partial charge is 0.0594 e. The van der Waals surface area contributed by atoms with Crippen molar-refractivity contribution in [3.8, 4) is 0 Å². The Morgan fingerprint density at radius 3 is 1.30 bits per heavy atom. The number of ether oxygens (including phenoxy) is 1. The number of H-pyrrole nitrogens is 1. The maximum Gasteiger partial charge on any atom is 0.0594 e. The Balaban J connectivity index is -0.00000128. The van der Waals surface area contributed by atoms with Crippen LogP contribution in [0.1, 0.15) is 326 Å². The molecule has 3 saturated carbocycles. The van der Waals surface area contributed by atoms with E-state index in [-0.39, 0.29) is 32.7 Å². The number of pyridine rings is 1. The van der Waals surface area contributed by atoms with Crippen LogP contribution in [0.25, 0.3) is 32.7 Å². The molecule has 9 aromatic rings. The van der Waals surface area contributed by atoms with Gasteiger partial charge in [0.25, 0.3) is 0 Å². The molecule has 0 atom stereocenters. The van der Waals surface area contributed by atoms with Gasteiger partial charge in [-0.3, -0.25) is 20.9 Å². The summed E-state index contributed by atoms with van der Waals surface area (Å²) in [5.74, 6) is 13.5. The third kappa shape index (κ3) is 65.7. The summed E-state index contributed by atoms with van der Waals surface area (Å²) in [4.78, 5) is 18.4. The third-order valence-electron chi connectivity index (χ3n) is 21.3. The minimum atomic E-state index is 0. The maximum atomic E-state index is 8.68. The molecule has 6 heterocycles. The quantitative estimate of drug-likeness (QED) is 0.0816. The summed E-state index contributed by atoms with van der Waals surface area (Å²) in [6, 6.07) is 42.6. The van der Waals surface area contributed by atoms with Gasteiger partial charge in [0.2, 0.25) is 0 Å². The summed E-state index contributed by atoms with van der Waals surface area (Å²) in [5.41, 5.74) is 11.0. The number of nitrogens with zero attached hydrogens (tertiary/aromatic N) is 6. The van der Waals surface area contributed by atoms with Crippen molar-refractivity contribution in [1.29, 1.82) is 0 Å². The molecule has 1 radical (unpaired) electrons. The van der Waals surface area contributed by atoms with Crippen LogP contribution in [-0.2, 0) is 88.1 Å². The number of morpholine rings is 1. The van der Waals surface area contributed by atoms with Crippen molar-refractivity contribution in [1.82, 2.24) is 33.8 Å². The SMILES string of the molecule is CC.CC(C)C1CC1.CC(C)C1CCCC1.CC(C)C1CCCCC1.CC(C)CN1CCOCC1.CC(C)Cc1c[nH]c2ccccc12.CC(C)Cc1ccccc1.CC(C)Cc1ccncc1.CC(C)Cc1cn(C)c2ccccc12.CC(C)Cn1cccn1.CCC(C)C.CCC(C)C.C[C-]=O.Cc1ccc2c(ccn2CC(C)C)c1.[CH2-]C(C)C.[Y]. The Kier molecular flexibility index (Phi) is 74.7. The summed E-state index contributed by atoms with van der Waals surface area (Å²) in [6.07, 6.45) is 39.3. The summed E-state index contributed by atoms with van der Waals surface area (Å²) < 4.78 is 11.7. The van der Waals surface area contributed by atoms with Crippen molar-refractivity contribution in [2.75, 3.05) is 32.8 Å². The van der Waals surface area contributed by atoms with Gasteiger partial charge in [-0.05, 0) is 210 Å². The van der Waals surface area contributed by atoms with Gasteiger partial charge in [0, 0.05) is 143 Å². The van der Waals surface area contributed by atoms with Crippen LogP contribution in [0.2, 0.25) is 0 Å². The molecule has 0 spiro atoms. The fraction of sp³-hybridized carbons (Fsp3) is 0.646. The van der Waals surface area contributed by atoms with Crippen LogP contribution in [0.15, 0.2) is 165 Å². The third-order valence-corrected chi connectivity index (χ3v) is 21.3. The van der Waals surface area contributed by atoms with Crippen molar-refractivity contribution in [3.05, 3.63) is 199 Å². The molecular formula is C113H193N7O2Y-2. The largest absolute Gasteiger partial charge is 0.542 e. The molecule has 13 rings (SSSR count). The van der Waals surface area contributed by atoms with E-state index in [9.17, 15) is 0 Å². The molecule has 3 aliphatic carbocycles. The van der Waals surface area contributed by atoms with Crippen molar-refractivity contribution in [2.45, 2.75) is 344 Å². The first kappa shape index (κ1) is 122. The molecule has 9 nitrogen and oxygen atoms in total. The number of aromatic amines is 1. The Labute approximate surface area is 786 Å². The zero-order valence-corrected chi connectivity index (χ0v) is 88.9. The summed E-state index contributed by atoms with van der Waals surface area (Å²) >= 11 is 0. The molecule has 5 aromatic heterocycles. The molecule has 0 unspecified atom stereocenters. The second-order valence-electron chi connectivity index (χ2n) is 39.4. The first-order chi connectivity index (χ1) is 57.9. The fourth-order valence-electron chi connectivity index (χ4n) is 14.0. The van der Waals surface area contributed by atoms with Crippen LogP contribution in [-0.4, -0.2) is 72.9 Å². The average molecular weight is 1770 g/mol. The normalized spacial score (nSPS) is 13.5. The Morgan fingerprint density at radius 1 is 0.463 bits per heavy atom. The molecular weight excluding hydrogens is 1580 g/mol. The minimum absolute atomic E-state index is 0. The molecule has 1 aliphatic heterocycles. The van der Waals surface area contributed by atoms with Crippen molar-refractivity contribution < 1.29 is 42.2 Å². The van der Waals surface area contributed by atoms with Crippen molar-refractivity contribution in [2.24, 2.45) is 102 Å². The molecule has 0 amide bonds. The topological polar surface area (TPSA) is 85.9 Å². The molecule has 4 aromatic carbocycles. The van der Waals surface area contributed by atoms with E-state index in [0.29, 0.717) is 17.8 Å². The van der Waals surface area contributed by atoms with E-state index >= 15 is 0 Å². The van der Waals surface area contributed by atoms with E-state index in [2.05, 4.69) is 378 Å². The Morgan fingerprint density at radius 2 is 0.886 bits per heavy atom. The number of hydrogen-bond donors (Lipinski definition) is 1. The number of carbonyl (C=O) groups excluding carboxylic acids is 1. The first-order valence-electron chi connectivity index (χ1n) is 48.8. The van der Waals surface area contributed by atoms with Gasteiger partial charge in [-0.25, -0.2) is 0 Å². The molecule has 697 valence electrons. The summed E-state index contributed by atoms with van der Waals surface area (Å²) in [6.45, 7) is 81.3. The number of nitrogens with one attached hydrogen (secondary N) is 1. The van der Waals surface area contributed by atoms with Gasteiger partial charge in [-0.2, -0.15) is 17.9 Å². The van der Waals surface area contributed by atoms with E-state index in [1.807, 2.05) is 49.4 Å². The van der Waals surface area contributed by atoms with Gasteiger partial charge >= 0.3 is 0 Å². The molecule has 10 heteroatoms. The van der Waals surface area contributed by atoms with Crippen LogP contribution in [0.3, 0.4) is 0 Å². The van der Waals surface area contributed by atoms with E-state index in [4.69, 9.17) is 9.53 Å². The van der Waals surface area contributed by atoms with Crippen LogP contribution >= 0.6 is 0 Å². The van der Waals surface area contributed by atoms with Gasteiger partial charge < -0.3 is 30.6 Å². The molecule has 1 N–H and O–H groups in total. The van der Waals surface area contributed by atoms with Gasteiger partial charge in [0.1, 0.15) is 0 Å². The number of para-hydroxylation sites is 2. The standard InChI is InChI=1S/2C13H17N.C12H15N.C10H14.C9H13N.C9H18.C8H17NO.C8H16.C7H12N2.C6H12.2C5H12.C4H9.C2H3O.C2H6.Y/c1-10(2)9-14-7-6-12-8-11(3)4-5-13(12)14;1-10(2)8-11-9-14(3)13-7-5-4-6-12(11)13;1-9(2)7-10-8-13-12-6-4-3-5-11(10)12;1-9(2)8-10-6-4-3-5-7-10;1-8(2)7-9-3-5-10-6-4-9;1-8(2)9-6-4-3-5-7-9;1-8(2)7-9-3-5-10-6-4-9;1-7(2)8-5-3-4-6-8;1-7(2)6-9-5-3-4-8-9;1-5(2)6-3-4-6;2*1-4-5(2)3;1-4(2)3;1-2-3;1-2;/h4-8,10H,9H2,1-3H3;4-7,9-10H,8H2,1-3H3;3-6,8-9,13H,7H2,1-2H3;3-7,9H,8H2,1-2H3;3-6,8H,7H2,1-2H3;8-9H,3-7H2,1-2H3;8H,3-7H2,1-2H3;7-8H,3-6H2,1-2H3;3-5,7H,6H2,1-2H3;5-6H,3-4H2,1-2H3;2*5H,4H2,1-3H3;4H,1H2,2-3H3;1H3;1-2H3;/q;;;;;;;;;;;;2*-1;;. The number of benzene rings is 4. The Hall–Kier alpha value is -5.45. The van der Waals surface area contributed by atoms with Gasteiger partial charge in [-0.15, -0.1) is 0 Å². The van der Waals surface area contributed by atoms with E-state index in [0.717, 1.165) is 129 Å². The monoisotopic (exact) mass is 1770 g/mol. The maximum absolute atomic E-state index is 8.68. The van der Waals surface area contributed by atoms with Crippen LogP contribution in [0, 0.1) is 109 Å². The van der Waals surface area contributed by atoms with E-state index in [1.54, 1.807) is 0 Å².